The maximum absolute atomic E-state index is 11.6. The fourth-order valence-electron chi connectivity index (χ4n) is 2.26. The van der Waals surface area contributed by atoms with E-state index in [4.69, 9.17) is 11.5 Å². The number of hydrogen-bond acceptors (Lipinski definition) is 6. The zero-order chi connectivity index (χ0) is 14.2. The highest BCUT2D eigenvalue weighted by molar-refractivity contribution is 7.19. The number of hydrogen-bond donors (Lipinski definition) is 2. The van der Waals surface area contributed by atoms with Gasteiger partial charge < -0.3 is 21.1 Å². The first-order valence-corrected chi connectivity index (χ1v) is 6.82. The Kier molecular flexibility index (Phi) is 3.66. The number of methoxy groups -OCH3 is 1. The molecule has 104 valence electrons. The van der Waals surface area contributed by atoms with E-state index >= 15 is 0 Å². The van der Waals surface area contributed by atoms with Crippen molar-refractivity contribution in [3.63, 3.8) is 0 Å². The minimum atomic E-state index is -0.613. The number of rotatable bonds is 3. The van der Waals surface area contributed by atoms with Crippen molar-refractivity contribution in [3.05, 3.63) is 10.4 Å². The molecule has 1 saturated heterocycles. The van der Waals surface area contributed by atoms with Crippen molar-refractivity contribution in [1.82, 2.24) is 0 Å². The molecule has 0 aromatic carbocycles. The van der Waals surface area contributed by atoms with Gasteiger partial charge in [-0.1, -0.05) is 6.92 Å². The Balaban J connectivity index is 2.47. The fraction of sp³-hybridized carbons (Fsp3) is 0.500. The van der Waals surface area contributed by atoms with Crippen LogP contribution in [-0.2, 0) is 4.74 Å². The summed E-state index contributed by atoms with van der Waals surface area (Å²) in [5.74, 6) is -0.604. The summed E-state index contributed by atoms with van der Waals surface area (Å²) < 4.78 is 4.67. The molecule has 1 amide bonds. The lowest BCUT2D eigenvalue weighted by Gasteiger charge is -2.17. The van der Waals surface area contributed by atoms with Crippen LogP contribution in [0.3, 0.4) is 0 Å². The number of primary amides is 1. The SMILES string of the molecule is COC(=O)c1sc(N2CCC(C)C2)c(C(N)=O)c1N. The van der Waals surface area contributed by atoms with Crippen LogP contribution in [-0.4, -0.2) is 32.1 Å². The molecule has 1 aliphatic rings. The molecule has 4 N–H and O–H groups in total. The highest BCUT2D eigenvalue weighted by Crippen LogP contribution is 2.40. The van der Waals surface area contributed by atoms with Crippen LogP contribution >= 0.6 is 11.3 Å². The summed E-state index contributed by atoms with van der Waals surface area (Å²) in [5, 5.41) is 0.676. The average Bonchev–Trinajstić information content (AvgIpc) is 2.92. The lowest BCUT2D eigenvalue weighted by Crippen LogP contribution is -2.22. The molecule has 1 fully saturated rings. The maximum atomic E-state index is 11.6. The topological polar surface area (TPSA) is 98.6 Å². The minimum Gasteiger partial charge on any atom is -0.465 e. The average molecular weight is 283 g/mol. The summed E-state index contributed by atoms with van der Waals surface area (Å²) in [5.41, 5.74) is 11.6. The van der Waals surface area contributed by atoms with E-state index in [2.05, 4.69) is 16.6 Å². The molecule has 1 atom stereocenters. The van der Waals surface area contributed by atoms with Crippen LogP contribution < -0.4 is 16.4 Å². The maximum Gasteiger partial charge on any atom is 0.350 e. The van der Waals surface area contributed by atoms with Crippen molar-refractivity contribution in [1.29, 1.82) is 0 Å². The minimum absolute atomic E-state index is 0.124. The monoisotopic (exact) mass is 283 g/mol. The van der Waals surface area contributed by atoms with Crippen LogP contribution in [0.5, 0.6) is 0 Å². The molecule has 2 heterocycles. The number of nitrogen functional groups attached to an aromatic ring is 1. The fourth-order valence-corrected chi connectivity index (χ4v) is 3.44. The van der Waals surface area contributed by atoms with Gasteiger partial charge in [0.2, 0.25) is 0 Å². The molecule has 0 radical (unpaired) electrons. The van der Waals surface area contributed by atoms with E-state index in [9.17, 15) is 9.59 Å². The lowest BCUT2D eigenvalue weighted by atomic mass is 10.2. The van der Waals surface area contributed by atoms with E-state index in [0.29, 0.717) is 10.9 Å². The Morgan fingerprint density at radius 2 is 2.16 bits per heavy atom. The number of carbonyl (C=O) groups excluding carboxylic acids is 2. The van der Waals surface area contributed by atoms with Crippen LogP contribution in [0.2, 0.25) is 0 Å². The summed E-state index contributed by atoms with van der Waals surface area (Å²) in [6, 6.07) is 0. The number of esters is 1. The summed E-state index contributed by atoms with van der Waals surface area (Å²) >= 11 is 1.17. The van der Waals surface area contributed by atoms with Gasteiger partial charge in [0, 0.05) is 13.1 Å². The zero-order valence-electron chi connectivity index (χ0n) is 10.9. The second-order valence-electron chi connectivity index (χ2n) is 4.72. The van der Waals surface area contributed by atoms with Crippen molar-refractivity contribution in [2.75, 3.05) is 30.8 Å². The number of thiophene rings is 1. The molecule has 0 saturated carbocycles. The van der Waals surface area contributed by atoms with E-state index in [1.807, 2.05) is 0 Å². The Bertz CT molecular complexity index is 527. The predicted octanol–water partition coefficient (Wildman–Crippen LogP) is 1.06. The largest absolute Gasteiger partial charge is 0.465 e. The Hall–Kier alpha value is -1.76. The molecule has 19 heavy (non-hydrogen) atoms. The van der Waals surface area contributed by atoms with Gasteiger partial charge in [-0.3, -0.25) is 4.79 Å². The van der Waals surface area contributed by atoms with Crippen LogP contribution in [0.1, 0.15) is 33.4 Å². The molecule has 6 nitrogen and oxygen atoms in total. The second kappa shape index (κ2) is 5.08. The Labute approximate surface area is 115 Å². The molecule has 0 spiro atoms. The number of amides is 1. The molecule has 1 aromatic heterocycles. The van der Waals surface area contributed by atoms with E-state index < -0.39 is 11.9 Å². The number of ether oxygens (including phenoxy) is 1. The van der Waals surface area contributed by atoms with E-state index in [-0.39, 0.29) is 16.1 Å². The molecule has 0 aliphatic carbocycles. The lowest BCUT2D eigenvalue weighted by molar-refractivity contribution is 0.0607. The molecule has 7 heteroatoms. The van der Waals surface area contributed by atoms with E-state index in [0.717, 1.165) is 19.5 Å². The van der Waals surface area contributed by atoms with Gasteiger partial charge in [0.25, 0.3) is 5.91 Å². The van der Waals surface area contributed by atoms with Crippen molar-refractivity contribution >= 4 is 33.9 Å². The Morgan fingerprint density at radius 1 is 1.47 bits per heavy atom. The standard InChI is InChI=1S/C12H17N3O3S/c1-6-3-4-15(5-6)11-7(10(14)16)8(13)9(19-11)12(17)18-2/h6H,3-5,13H2,1-2H3,(H2,14,16). The molecule has 1 unspecified atom stereocenters. The Morgan fingerprint density at radius 3 is 2.63 bits per heavy atom. The van der Waals surface area contributed by atoms with Crippen LogP contribution in [0, 0.1) is 5.92 Å². The van der Waals surface area contributed by atoms with Gasteiger partial charge in [0.1, 0.15) is 9.88 Å². The van der Waals surface area contributed by atoms with Gasteiger partial charge in [-0.05, 0) is 12.3 Å². The van der Waals surface area contributed by atoms with Crippen molar-refractivity contribution in [2.45, 2.75) is 13.3 Å². The van der Waals surface area contributed by atoms with E-state index in [1.165, 1.54) is 18.4 Å². The third-order valence-corrected chi connectivity index (χ3v) is 4.50. The van der Waals surface area contributed by atoms with Gasteiger partial charge in [-0.2, -0.15) is 0 Å². The first-order valence-electron chi connectivity index (χ1n) is 6.01. The van der Waals surface area contributed by atoms with Gasteiger partial charge in [-0.15, -0.1) is 11.3 Å². The highest BCUT2D eigenvalue weighted by Gasteiger charge is 2.30. The predicted molar refractivity (Wildman–Crippen MR) is 74.6 cm³/mol. The summed E-state index contributed by atoms with van der Waals surface area (Å²) in [6.45, 7) is 3.81. The van der Waals surface area contributed by atoms with Crippen molar-refractivity contribution < 1.29 is 14.3 Å². The summed E-state index contributed by atoms with van der Waals surface area (Å²) in [4.78, 5) is 25.5. The third kappa shape index (κ3) is 2.37. The normalized spacial score (nSPS) is 18.6. The quantitative estimate of drug-likeness (QED) is 0.808. The molecule has 1 aromatic rings. The molecule has 0 bridgehead atoms. The second-order valence-corrected chi connectivity index (χ2v) is 5.72. The molecule has 2 rings (SSSR count). The molecule has 1 aliphatic heterocycles. The van der Waals surface area contributed by atoms with Crippen LogP contribution in [0.15, 0.2) is 0 Å². The van der Waals surface area contributed by atoms with Crippen molar-refractivity contribution in [2.24, 2.45) is 11.7 Å². The van der Waals surface area contributed by atoms with Gasteiger partial charge in [0.05, 0.1) is 18.4 Å². The van der Waals surface area contributed by atoms with Crippen molar-refractivity contribution in [3.8, 4) is 0 Å². The number of anilines is 2. The third-order valence-electron chi connectivity index (χ3n) is 3.25. The zero-order valence-corrected chi connectivity index (χ0v) is 11.8. The highest BCUT2D eigenvalue weighted by atomic mass is 32.1. The first-order chi connectivity index (χ1) is 8.95. The van der Waals surface area contributed by atoms with Crippen LogP contribution in [0.4, 0.5) is 10.7 Å². The number of nitrogens with two attached hydrogens (primary N) is 2. The smallest absolute Gasteiger partial charge is 0.350 e. The van der Waals surface area contributed by atoms with Gasteiger partial charge in [-0.25, -0.2) is 4.79 Å². The van der Waals surface area contributed by atoms with Gasteiger partial charge in [0.15, 0.2) is 0 Å². The molecular formula is C12H17N3O3S. The molecular weight excluding hydrogens is 266 g/mol. The first kappa shape index (κ1) is 13.7. The number of carbonyl (C=O) groups is 2. The summed E-state index contributed by atoms with van der Waals surface area (Å²) in [7, 11) is 1.28. The summed E-state index contributed by atoms with van der Waals surface area (Å²) in [6.07, 6.45) is 1.05. The van der Waals surface area contributed by atoms with Gasteiger partial charge >= 0.3 is 5.97 Å². The number of nitrogens with zero attached hydrogens (tertiary/aromatic N) is 1. The van der Waals surface area contributed by atoms with Crippen LogP contribution in [0.25, 0.3) is 0 Å². The van der Waals surface area contributed by atoms with E-state index in [1.54, 1.807) is 0 Å².